The van der Waals surface area contributed by atoms with Gasteiger partial charge in [0.1, 0.15) is 19.3 Å². The molecule has 2 unspecified atom stereocenters. The molecule has 0 aliphatic carbocycles. The van der Waals surface area contributed by atoms with Crippen molar-refractivity contribution >= 4 is 39.5 Å². The highest BCUT2D eigenvalue weighted by molar-refractivity contribution is 7.47. The molecule has 0 bridgehead atoms. The second kappa shape index (κ2) is 71.4. The normalized spacial score (nSPS) is 14.5. The lowest BCUT2D eigenvalue weighted by atomic mass is 10.1. The SMILES string of the molecule is CCCCC/C=C\C/C=C\C/C=C\C/C=C\CCCC(=O)OC[C@H](COP(=O)(O)OC[C@H](O)COP(=O)(O)OC[C@@H](COC(=O)CCCCCCC/C=C\CCCCCC)OC(=O)CCCCCCC/C=C\CCCCCC)OC(=O)CCCCCCC/C=C\C=C/CCCCCC. The van der Waals surface area contributed by atoms with Gasteiger partial charge in [0.2, 0.25) is 0 Å². The second-order valence-electron chi connectivity index (χ2n) is 25.6. The molecule has 0 aliphatic heterocycles. The summed E-state index contributed by atoms with van der Waals surface area (Å²) in [5, 5.41) is 10.6. The summed E-state index contributed by atoms with van der Waals surface area (Å²) in [6, 6.07) is 0. The van der Waals surface area contributed by atoms with Gasteiger partial charge in [0, 0.05) is 25.7 Å². The Bertz CT molecular complexity index is 2240. The van der Waals surface area contributed by atoms with Crippen molar-refractivity contribution in [1.82, 2.24) is 0 Å². The molecule has 0 aromatic heterocycles. The first-order chi connectivity index (χ1) is 47.7. The van der Waals surface area contributed by atoms with Gasteiger partial charge in [0.05, 0.1) is 26.4 Å². The van der Waals surface area contributed by atoms with Gasteiger partial charge in [-0.1, -0.05) is 253 Å². The van der Waals surface area contributed by atoms with Crippen molar-refractivity contribution < 1.29 is 80.2 Å². The van der Waals surface area contributed by atoms with Crippen molar-refractivity contribution in [3.63, 3.8) is 0 Å². The van der Waals surface area contributed by atoms with Gasteiger partial charge in [-0.2, -0.15) is 0 Å². The van der Waals surface area contributed by atoms with E-state index in [9.17, 15) is 43.2 Å². The number of hydrogen-bond acceptors (Lipinski definition) is 15. The maximum absolute atomic E-state index is 13.1. The summed E-state index contributed by atoms with van der Waals surface area (Å²) >= 11 is 0. The molecule has 0 aliphatic rings. The fourth-order valence-electron chi connectivity index (χ4n) is 10.1. The number of allylic oxidation sites excluding steroid dienone is 16. The molecule has 3 N–H and O–H groups in total. The third-order valence-corrected chi connectivity index (χ3v) is 17.9. The van der Waals surface area contributed by atoms with Crippen molar-refractivity contribution in [1.29, 1.82) is 0 Å². The molecular weight excluding hydrogens is 1280 g/mol. The first-order valence-corrected chi connectivity index (χ1v) is 41.5. The number of unbranched alkanes of at least 4 members (excludes halogenated alkanes) is 31. The van der Waals surface area contributed by atoms with E-state index in [1.807, 2.05) is 12.2 Å². The molecule has 0 aromatic rings. The summed E-state index contributed by atoms with van der Waals surface area (Å²) in [6.07, 6.45) is 74.0. The molecule has 566 valence electrons. The molecule has 0 saturated carbocycles. The molecule has 0 saturated heterocycles. The summed E-state index contributed by atoms with van der Waals surface area (Å²) < 4.78 is 68.4. The number of hydrogen-bond donors (Lipinski definition) is 3. The van der Waals surface area contributed by atoms with Crippen LogP contribution in [0.25, 0.3) is 0 Å². The highest BCUT2D eigenvalue weighted by atomic mass is 31.2. The van der Waals surface area contributed by atoms with Gasteiger partial charge in [-0.3, -0.25) is 37.3 Å². The number of esters is 4. The summed E-state index contributed by atoms with van der Waals surface area (Å²) in [5.74, 6) is -2.27. The average molecular weight is 1420 g/mol. The van der Waals surface area contributed by atoms with Crippen molar-refractivity contribution in [2.45, 2.75) is 341 Å². The molecule has 17 nitrogen and oxygen atoms in total. The van der Waals surface area contributed by atoms with E-state index in [4.69, 9.17) is 37.0 Å². The summed E-state index contributed by atoms with van der Waals surface area (Å²) in [6.45, 7) is 4.71. The molecule has 98 heavy (non-hydrogen) atoms. The lowest BCUT2D eigenvalue weighted by Crippen LogP contribution is -2.30. The van der Waals surface area contributed by atoms with Crippen LogP contribution in [0.5, 0.6) is 0 Å². The Balaban J connectivity index is 5.41. The van der Waals surface area contributed by atoms with Gasteiger partial charge in [0.25, 0.3) is 0 Å². The Labute approximate surface area is 595 Å². The Hall–Kier alpha value is -4.02. The van der Waals surface area contributed by atoms with Crippen LogP contribution < -0.4 is 0 Å². The molecular formula is C79H138O17P2. The highest BCUT2D eigenvalue weighted by Gasteiger charge is 2.30. The molecule has 0 radical (unpaired) electrons. The molecule has 0 aromatic carbocycles. The van der Waals surface area contributed by atoms with Crippen LogP contribution in [0.2, 0.25) is 0 Å². The Morgan fingerprint density at radius 1 is 0.296 bits per heavy atom. The van der Waals surface area contributed by atoms with E-state index in [1.54, 1.807) is 0 Å². The Morgan fingerprint density at radius 2 is 0.541 bits per heavy atom. The zero-order chi connectivity index (χ0) is 71.8. The standard InChI is InChI=1S/C79H138O17P2/c1-5-9-13-17-21-25-29-33-35-36-38-41-44-48-52-56-60-64-77(82)90-70-75(96-79(84)66-62-58-54-50-46-42-37-34-30-26-22-18-14-10-6-2)72-94-98(87,88)92-68-73(80)67-91-97(85,86)93-71-74(95-78(83)65-61-57-53-49-45-40-32-28-24-20-16-12-8-4)69-89-76(81)63-59-55-51-47-43-39-31-27-23-19-15-11-7-3/h21,25-28,30-35,37-38,41,48,52,73-75,80H,5-20,22-24,29,36,39-40,42-47,49-51,53-72H2,1-4H3,(H,85,86)(H,87,88)/b25-21-,30-26-,31-27-,32-28-,35-33-,37-34-,41-38-,52-48-/t73-,74-,75-/m1/s1. The largest absolute Gasteiger partial charge is 0.472 e. The smallest absolute Gasteiger partial charge is 0.462 e. The number of aliphatic hydroxyl groups excluding tert-OH is 1. The predicted molar refractivity (Wildman–Crippen MR) is 399 cm³/mol. The summed E-state index contributed by atoms with van der Waals surface area (Å²) in [7, 11) is -9.97. The van der Waals surface area contributed by atoms with E-state index in [-0.39, 0.29) is 25.7 Å². The van der Waals surface area contributed by atoms with Crippen LogP contribution >= 0.6 is 15.6 Å². The minimum Gasteiger partial charge on any atom is -0.462 e. The van der Waals surface area contributed by atoms with Crippen LogP contribution in [0.1, 0.15) is 323 Å². The van der Waals surface area contributed by atoms with Gasteiger partial charge in [-0.15, -0.1) is 0 Å². The molecule has 0 fully saturated rings. The highest BCUT2D eigenvalue weighted by Crippen LogP contribution is 2.45. The number of carbonyl (C=O) groups excluding carboxylic acids is 4. The van der Waals surface area contributed by atoms with Crippen molar-refractivity contribution in [3.05, 3.63) is 97.2 Å². The molecule has 0 amide bonds. The molecule has 5 atom stereocenters. The van der Waals surface area contributed by atoms with Gasteiger partial charge in [-0.25, -0.2) is 9.13 Å². The van der Waals surface area contributed by atoms with E-state index in [2.05, 4.69) is 113 Å². The number of aliphatic hydroxyl groups is 1. The van der Waals surface area contributed by atoms with Crippen LogP contribution in [-0.2, 0) is 65.4 Å². The molecule has 0 heterocycles. The van der Waals surface area contributed by atoms with E-state index in [1.165, 1.54) is 96.3 Å². The molecule has 0 rings (SSSR count). The number of ether oxygens (including phenoxy) is 4. The van der Waals surface area contributed by atoms with Gasteiger partial charge in [-0.05, 0) is 141 Å². The summed E-state index contributed by atoms with van der Waals surface area (Å²) in [4.78, 5) is 72.8. The van der Waals surface area contributed by atoms with Gasteiger partial charge < -0.3 is 33.8 Å². The average Bonchev–Trinajstić information content (AvgIpc) is 1.05. The van der Waals surface area contributed by atoms with Crippen LogP contribution in [0.4, 0.5) is 0 Å². The van der Waals surface area contributed by atoms with E-state index >= 15 is 0 Å². The fourth-order valence-corrected chi connectivity index (χ4v) is 11.7. The topological polar surface area (TPSA) is 237 Å². The lowest BCUT2D eigenvalue weighted by molar-refractivity contribution is -0.161. The van der Waals surface area contributed by atoms with Gasteiger partial charge >= 0.3 is 39.5 Å². The molecule has 0 spiro atoms. The van der Waals surface area contributed by atoms with E-state index < -0.39 is 97.5 Å². The second-order valence-corrected chi connectivity index (χ2v) is 28.5. The van der Waals surface area contributed by atoms with Crippen LogP contribution in [-0.4, -0.2) is 96.7 Å². The quantitative estimate of drug-likeness (QED) is 0.0128. The number of rotatable bonds is 72. The van der Waals surface area contributed by atoms with Crippen molar-refractivity contribution in [2.75, 3.05) is 39.6 Å². The monoisotopic (exact) mass is 1420 g/mol. The third-order valence-electron chi connectivity index (χ3n) is 16.0. The number of phosphoric ester groups is 2. The Kier molecular flexibility index (Phi) is 68.4. The minimum absolute atomic E-state index is 0.0654. The van der Waals surface area contributed by atoms with Crippen molar-refractivity contribution in [3.8, 4) is 0 Å². The zero-order valence-corrected chi connectivity index (χ0v) is 63.5. The first-order valence-electron chi connectivity index (χ1n) is 38.5. The van der Waals surface area contributed by atoms with Crippen LogP contribution in [0.15, 0.2) is 97.2 Å². The Morgan fingerprint density at radius 3 is 0.898 bits per heavy atom. The van der Waals surface area contributed by atoms with Crippen LogP contribution in [0.3, 0.4) is 0 Å². The predicted octanol–water partition coefficient (Wildman–Crippen LogP) is 22.0. The number of carbonyl (C=O) groups is 4. The maximum Gasteiger partial charge on any atom is 0.472 e. The van der Waals surface area contributed by atoms with Crippen molar-refractivity contribution in [2.24, 2.45) is 0 Å². The molecule has 19 heteroatoms. The number of phosphoric acid groups is 2. The lowest BCUT2D eigenvalue weighted by Gasteiger charge is -2.21. The van der Waals surface area contributed by atoms with E-state index in [0.717, 1.165) is 141 Å². The van der Waals surface area contributed by atoms with Crippen LogP contribution in [0, 0.1) is 0 Å². The zero-order valence-electron chi connectivity index (χ0n) is 61.7. The maximum atomic E-state index is 13.1. The fraction of sp³-hybridized carbons (Fsp3) is 0.747. The summed E-state index contributed by atoms with van der Waals surface area (Å²) in [5.41, 5.74) is 0. The first kappa shape index (κ1) is 94.0. The van der Waals surface area contributed by atoms with E-state index in [0.29, 0.717) is 32.1 Å². The minimum atomic E-state index is -4.99. The third kappa shape index (κ3) is 70.4. The van der Waals surface area contributed by atoms with Gasteiger partial charge in [0.15, 0.2) is 12.2 Å².